The molecule has 0 aromatic carbocycles. The maximum Gasteiger partial charge on any atom is 0.258 e. The van der Waals surface area contributed by atoms with Gasteiger partial charge in [-0.25, -0.2) is 8.78 Å². The van der Waals surface area contributed by atoms with E-state index in [1.807, 2.05) is 0 Å². The van der Waals surface area contributed by atoms with Crippen LogP contribution in [0.2, 0.25) is 0 Å². The van der Waals surface area contributed by atoms with Crippen molar-refractivity contribution in [1.82, 2.24) is 4.90 Å². The number of halogens is 2. The second kappa shape index (κ2) is 4.14. The van der Waals surface area contributed by atoms with Crippen LogP contribution >= 0.6 is 0 Å². The molecule has 2 aliphatic carbocycles. The van der Waals surface area contributed by atoms with Crippen molar-refractivity contribution < 1.29 is 13.5 Å². The zero-order valence-corrected chi connectivity index (χ0v) is 11.2. The van der Waals surface area contributed by atoms with Crippen LogP contribution in [0.15, 0.2) is 0 Å². The largest absolute Gasteiger partial charge is 0.384 e. The summed E-state index contributed by atoms with van der Waals surface area (Å²) in [4.78, 5) is 2.24. The lowest BCUT2D eigenvalue weighted by molar-refractivity contribution is -0.0179. The molecule has 1 spiro atoms. The number of hydrogen-bond donors (Lipinski definition) is 0. The van der Waals surface area contributed by atoms with Crippen molar-refractivity contribution in [2.45, 2.75) is 44.4 Å². The number of alkyl halides is 2. The Bertz CT molecular complexity index is 320. The SMILES string of the molecule is COC[C@]1(CN2CCC3(CCC3)CC2)CC1(F)F. The highest BCUT2D eigenvalue weighted by Gasteiger charge is 2.71. The first-order chi connectivity index (χ1) is 8.51. The number of ether oxygens (including phenoxy) is 1. The minimum absolute atomic E-state index is 0.00941. The van der Waals surface area contributed by atoms with E-state index in [2.05, 4.69) is 4.90 Å². The molecule has 1 saturated heterocycles. The Morgan fingerprint density at radius 2 is 1.72 bits per heavy atom. The van der Waals surface area contributed by atoms with Crippen LogP contribution in [-0.2, 0) is 4.74 Å². The molecule has 3 fully saturated rings. The van der Waals surface area contributed by atoms with Crippen molar-refractivity contribution in [3.8, 4) is 0 Å². The maximum absolute atomic E-state index is 13.5. The first-order valence-electron chi connectivity index (χ1n) is 7.10. The van der Waals surface area contributed by atoms with E-state index in [4.69, 9.17) is 4.74 Å². The van der Waals surface area contributed by atoms with Crippen molar-refractivity contribution >= 4 is 0 Å². The number of hydrogen-bond acceptors (Lipinski definition) is 2. The Balaban J connectivity index is 1.54. The second-order valence-electron chi connectivity index (χ2n) is 6.72. The quantitative estimate of drug-likeness (QED) is 0.769. The van der Waals surface area contributed by atoms with Crippen LogP contribution in [0, 0.1) is 10.8 Å². The Labute approximate surface area is 108 Å². The Morgan fingerprint density at radius 3 is 2.11 bits per heavy atom. The van der Waals surface area contributed by atoms with Crippen LogP contribution in [-0.4, -0.2) is 44.2 Å². The van der Waals surface area contributed by atoms with Crippen LogP contribution in [0.3, 0.4) is 0 Å². The molecule has 0 unspecified atom stereocenters. The molecule has 2 nitrogen and oxygen atoms in total. The average Bonchev–Trinajstić information content (AvgIpc) is 2.79. The van der Waals surface area contributed by atoms with Crippen LogP contribution in [0.5, 0.6) is 0 Å². The predicted octanol–water partition coefficient (Wildman–Crippen LogP) is 2.92. The molecule has 2 saturated carbocycles. The third kappa shape index (κ3) is 1.97. The molecule has 0 amide bonds. The molecule has 0 aromatic heterocycles. The molecular weight excluding hydrogens is 236 g/mol. The van der Waals surface area contributed by atoms with E-state index in [0.717, 1.165) is 13.1 Å². The van der Waals surface area contributed by atoms with Crippen molar-refractivity contribution in [2.24, 2.45) is 10.8 Å². The third-order valence-electron chi connectivity index (χ3n) is 5.49. The zero-order valence-electron chi connectivity index (χ0n) is 11.2. The van der Waals surface area contributed by atoms with Gasteiger partial charge in [0.15, 0.2) is 0 Å². The minimum atomic E-state index is -2.51. The lowest BCUT2D eigenvalue weighted by Crippen LogP contribution is -2.46. The van der Waals surface area contributed by atoms with Gasteiger partial charge in [-0.15, -0.1) is 0 Å². The van der Waals surface area contributed by atoms with Gasteiger partial charge in [0.2, 0.25) is 0 Å². The van der Waals surface area contributed by atoms with Gasteiger partial charge < -0.3 is 9.64 Å². The summed E-state index contributed by atoms with van der Waals surface area (Å²) < 4.78 is 32.0. The minimum Gasteiger partial charge on any atom is -0.384 e. The van der Waals surface area contributed by atoms with Crippen LogP contribution in [0.4, 0.5) is 8.78 Å². The molecule has 1 heterocycles. The maximum atomic E-state index is 13.5. The molecule has 0 N–H and O–H groups in total. The molecule has 0 radical (unpaired) electrons. The molecule has 0 bridgehead atoms. The van der Waals surface area contributed by atoms with Gasteiger partial charge in [0.25, 0.3) is 5.92 Å². The van der Waals surface area contributed by atoms with Crippen molar-refractivity contribution in [3.05, 3.63) is 0 Å². The van der Waals surface area contributed by atoms with E-state index in [1.54, 1.807) is 0 Å². The van der Waals surface area contributed by atoms with Crippen molar-refractivity contribution in [3.63, 3.8) is 0 Å². The zero-order chi connectivity index (χ0) is 12.9. The standard InChI is InChI=1S/C14H23F2NO/c1-18-11-13(9-14(13,15)16)10-17-7-5-12(6-8-17)3-2-4-12/h2-11H2,1H3/t13-/m1/s1. The third-order valence-corrected chi connectivity index (χ3v) is 5.49. The molecule has 1 atom stereocenters. The number of methoxy groups -OCH3 is 1. The topological polar surface area (TPSA) is 12.5 Å². The Hall–Kier alpha value is -0.220. The first kappa shape index (κ1) is 12.8. The van der Waals surface area contributed by atoms with Crippen LogP contribution < -0.4 is 0 Å². The average molecular weight is 259 g/mol. The second-order valence-corrected chi connectivity index (χ2v) is 6.72. The summed E-state index contributed by atoms with van der Waals surface area (Å²) in [7, 11) is 1.52. The fourth-order valence-electron chi connectivity index (χ4n) is 3.82. The highest BCUT2D eigenvalue weighted by atomic mass is 19.3. The molecule has 3 rings (SSSR count). The summed E-state index contributed by atoms with van der Waals surface area (Å²) >= 11 is 0. The lowest BCUT2D eigenvalue weighted by atomic mass is 9.63. The number of likely N-dealkylation sites (tertiary alicyclic amines) is 1. The van der Waals surface area contributed by atoms with Gasteiger partial charge in [-0.2, -0.15) is 0 Å². The summed E-state index contributed by atoms with van der Waals surface area (Å²) in [6, 6.07) is 0. The molecular formula is C14H23F2NO. The van der Waals surface area contributed by atoms with Crippen molar-refractivity contribution in [2.75, 3.05) is 33.4 Å². The normalized spacial score (nSPS) is 37.5. The smallest absolute Gasteiger partial charge is 0.258 e. The van der Waals surface area contributed by atoms with E-state index >= 15 is 0 Å². The molecule has 3 aliphatic rings. The lowest BCUT2D eigenvalue weighted by Gasteiger charge is -2.48. The molecule has 18 heavy (non-hydrogen) atoms. The summed E-state index contributed by atoms with van der Waals surface area (Å²) in [6.45, 7) is 2.72. The molecule has 104 valence electrons. The summed E-state index contributed by atoms with van der Waals surface area (Å²) in [5.41, 5.74) is -0.289. The molecule has 0 aromatic rings. The molecule has 4 heteroatoms. The van der Waals surface area contributed by atoms with Crippen LogP contribution in [0.25, 0.3) is 0 Å². The fraction of sp³-hybridized carbons (Fsp3) is 1.00. The van der Waals surface area contributed by atoms with Gasteiger partial charge in [-0.3, -0.25) is 0 Å². The Kier molecular flexibility index (Phi) is 2.94. The number of rotatable bonds is 4. The van der Waals surface area contributed by atoms with E-state index in [-0.39, 0.29) is 13.0 Å². The van der Waals surface area contributed by atoms with E-state index in [1.165, 1.54) is 39.2 Å². The first-order valence-corrected chi connectivity index (χ1v) is 7.10. The van der Waals surface area contributed by atoms with Gasteiger partial charge in [-0.05, 0) is 44.2 Å². The fourth-order valence-corrected chi connectivity index (χ4v) is 3.82. The van der Waals surface area contributed by atoms with Gasteiger partial charge in [-0.1, -0.05) is 6.42 Å². The van der Waals surface area contributed by atoms with Gasteiger partial charge in [0.05, 0.1) is 12.0 Å². The van der Waals surface area contributed by atoms with E-state index in [9.17, 15) is 8.78 Å². The van der Waals surface area contributed by atoms with Crippen molar-refractivity contribution in [1.29, 1.82) is 0 Å². The monoisotopic (exact) mass is 259 g/mol. The summed E-state index contributed by atoms with van der Waals surface area (Å²) in [6.07, 6.45) is 6.52. The molecule has 1 aliphatic heterocycles. The number of piperidine rings is 1. The predicted molar refractivity (Wildman–Crippen MR) is 65.8 cm³/mol. The van der Waals surface area contributed by atoms with E-state index in [0.29, 0.717) is 12.0 Å². The highest BCUT2D eigenvalue weighted by molar-refractivity contribution is 5.12. The number of nitrogens with zero attached hydrogens (tertiary/aromatic N) is 1. The van der Waals surface area contributed by atoms with Gasteiger partial charge >= 0.3 is 0 Å². The highest BCUT2D eigenvalue weighted by Crippen LogP contribution is 2.61. The summed E-state index contributed by atoms with van der Waals surface area (Å²) in [5, 5.41) is 0. The Morgan fingerprint density at radius 1 is 1.11 bits per heavy atom. The summed E-state index contributed by atoms with van der Waals surface area (Å²) in [5.74, 6) is -2.51. The van der Waals surface area contributed by atoms with Crippen LogP contribution in [0.1, 0.15) is 38.5 Å². The van der Waals surface area contributed by atoms with Gasteiger partial charge in [0, 0.05) is 20.1 Å². The van der Waals surface area contributed by atoms with Gasteiger partial charge in [0.1, 0.15) is 0 Å². The van der Waals surface area contributed by atoms with E-state index < -0.39 is 11.3 Å².